The van der Waals surface area contributed by atoms with Gasteiger partial charge in [0.25, 0.3) is 0 Å². The molecule has 2 aromatic rings. The average molecular weight is 325 g/mol. The van der Waals surface area contributed by atoms with Crippen LogP contribution >= 0.6 is 0 Å². The lowest BCUT2D eigenvalue weighted by Gasteiger charge is -2.19. The molecule has 2 aromatic carbocycles. The van der Waals surface area contributed by atoms with Crippen molar-refractivity contribution in [2.45, 2.75) is 24.5 Å². The first-order valence-corrected chi connectivity index (χ1v) is 8.28. The Kier molecular flexibility index (Phi) is 3.74. The van der Waals surface area contributed by atoms with Gasteiger partial charge in [0.2, 0.25) is 0 Å². The molecule has 3 atom stereocenters. The first-order chi connectivity index (χ1) is 11.5. The second-order valence-electron chi connectivity index (χ2n) is 6.93. The molecule has 4 heteroatoms. The summed E-state index contributed by atoms with van der Waals surface area (Å²) in [5, 5.41) is 0. The molecule has 0 bridgehead atoms. The summed E-state index contributed by atoms with van der Waals surface area (Å²) in [5.41, 5.74) is 2.97. The van der Waals surface area contributed by atoms with E-state index in [1.807, 2.05) is 38.4 Å². The van der Waals surface area contributed by atoms with Gasteiger partial charge in [-0.2, -0.15) is 0 Å². The van der Waals surface area contributed by atoms with Crippen LogP contribution in [0.1, 0.15) is 45.5 Å². The minimum atomic E-state index is -0.328. The zero-order valence-electron chi connectivity index (χ0n) is 13.8. The van der Waals surface area contributed by atoms with Crippen LogP contribution in [0.3, 0.4) is 0 Å². The van der Waals surface area contributed by atoms with E-state index in [0.29, 0.717) is 16.7 Å². The fourth-order valence-electron chi connectivity index (χ4n) is 4.02. The van der Waals surface area contributed by atoms with Crippen molar-refractivity contribution in [2.24, 2.45) is 0 Å². The summed E-state index contributed by atoms with van der Waals surface area (Å²) in [7, 11) is 4.03. The van der Waals surface area contributed by atoms with Crippen LogP contribution in [0.5, 0.6) is 0 Å². The monoisotopic (exact) mass is 325 g/mol. The van der Waals surface area contributed by atoms with Crippen molar-refractivity contribution in [1.29, 1.82) is 0 Å². The molecule has 0 amide bonds. The molecule has 1 saturated heterocycles. The van der Waals surface area contributed by atoms with Crippen molar-refractivity contribution in [3.63, 3.8) is 0 Å². The molecule has 0 saturated carbocycles. The SMILES string of the molecule is CN(C)C[C@H]1C[C@@H]2c3ccccc3C(=O)c3ccc(F)cc3[C@H]2O1. The molecular formula is C20H20FNO2. The number of halogens is 1. The summed E-state index contributed by atoms with van der Waals surface area (Å²) in [6.45, 7) is 0.813. The second-order valence-corrected chi connectivity index (χ2v) is 6.93. The third kappa shape index (κ3) is 2.46. The molecule has 0 spiro atoms. The first-order valence-electron chi connectivity index (χ1n) is 8.28. The quantitative estimate of drug-likeness (QED) is 0.846. The van der Waals surface area contributed by atoms with Gasteiger partial charge in [-0.05, 0) is 49.8 Å². The van der Waals surface area contributed by atoms with E-state index >= 15 is 0 Å². The van der Waals surface area contributed by atoms with E-state index < -0.39 is 0 Å². The molecule has 0 radical (unpaired) electrons. The minimum absolute atomic E-state index is 0.0391. The Bertz CT molecular complexity index is 802. The molecule has 24 heavy (non-hydrogen) atoms. The number of hydrogen-bond acceptors (Lipinski definition) is 3. The van der Waals surface area contributed by atoms with Gasteiger partial charge < -0.3 is 9.64 Å². The van der Waals surface area contributed by atoms with Gasteiger partial charge in [-0.3, -0.25) is 4.79 Å². The molecular weight excluding hydrogens is 305 g/mol. The predicted octanol–water partition coefficient (Wildman–Crippen LogP) is 3.55. The Balaban J connectivity index is 1.87. The number of carbonyl (C=O) groups excluding carboxylic acids is 1. The van der Waals surface area contributed by atoms with E-state index in [-0.39, 0.29) is 29.7 Å². The molecule has 3 nitrogen and oxygen atoms in total. The summed E-state index contributed by atoms with van der Waals surface area (Å²) in [4.78, 5) is 15.0. The van der Waals surface area contributed by atoms with Gasteiger partial charge in [0.05, 0.1) is 12.2 Å². The normalized spacial score (nSPS) is 25.2. The van der Waals surface area contributed by atoms with Crippen LogP contribution in [0, 0.1) is 5.82 Å². The Morgan fingerprint density at radius 2 is 1.88 bits per heavy atom. The maximum absolute atomic E-state index is 13.9. The Hall–Kier alpha value is -2.04. The molecule has 1 aliphatic carbocycles. The van der Waals surface area contributed by atoms with Crippen molar-refractivity contribution in [3.8, 4) is 0 Å². The zero-order chi connectivity index (χ0) is 16.8. The summed E-state index contributed by atoms with van der Waals surface area (Å²) in [6.07, 6.45) is 0.643. The highest BCUT2D eigenvalue weighted by Crippen LogP contribution is 2.49. The number of ketones is 1. The average Bonchev–Trinajstić information content (AvgIpc) is 2.93. The van der Waals surface area contributed by atoms with Gasteiger partial charge in [0, 0.05) is 23.6 Å². The maximum Gasteiger partial charge on any atom is 0.193 e. The zero-order valence-corrected chi connectivity index (χ0v) is 13.8. The Labute approximate surface area is 141 Å². The van der Waals surface area contributed by atoms with Crippen molar-refractivity contribution in [1.82, 2.24) is 4.90 Å². The third-order valence-corrected chi connectivity index (χ3v) is 4.96. The van der Waals surface area contributed by atoms with Crippen molar-refractivity contribution in [2.75, 3.05) is 20.6 Å². The van der Waals surface area contributed by atoms with Crippen molar-refractivity contribution < 1.29 is 13.9 Å². The molecule has 1 aliphatic heterocycles. The van der Waals surface area contributed by atoms with E-state index in [4.69, 9.17) is 4.74 Å². The molecule has 2 aliphatic rings. The molecule has 1 heterocycles. The number of fused-ring (bicyclic) bond motifs is 5. The van der Waals surface area contributed by atoms with E-state index in [1.165, 1.54) is 12.1 Å². The summed E-state index contributed by atoms with van der Waals surface area (Å²) >= 11 is 0. The van der Waals surface area contributed by atoms with Crippen molar-refractivity contribution >= 4 is 5.78 Å². The van der Waals surface area contributed by atoms with Gasteiger partial charge in [-0.15, -0.1) is 0 Å². The van der Waals surface area contributed by atoms with Gasteiger partial charge in [-0.25, -0.2) is 4.39 Å². The van der Waals surface area contributed by atoms with E-state index in [9.17, 15) is 9.18 Å². The molecule has 4 rings (SSSR count). The lowest BCUT2D eigenvalue weighted by Crippen LogP contribution is -2.25. The molecule has 124 valence electrons. The number of carbonyl (C=O) groups is 1. The number of benzene rings is 2. The topological polar surface area (TPSA) is 29.5 Å². The minimum Gasteiger partial charge on any atom is -0.368 e. The second kappa shape index (κ2) is 5.80. The smallest absolute Gasteiger partial charge is 0.193 e. The third-order valence-electron chi connectivity index (χ3n) is 4.96. The Morgan fingerprint density at radius 1 is 1.12 bits per heavy atom. The van der Waals surface area contributed by atoms with E-state index in [2.05, 4.69) is 4.90 Å². The van der Waals surface area contributed by atoms with Crippen LogP contribution in [0.25, 0.3) is 0 Å². The number of nitrogens with zero attached hydrogens (tertiary/aromatic N) is 1. The van der Waals surface area contributed by atoms with Gasteiger partial charge in [0.15, 0.2) is 5.78 Å². The van der Waals surface area contributed by atoms with Crippen LogP contribution in [-0.4, -0.2) is 37.4 Å². The standard InChI is InChI=1S/C20H20FNO2/c1-22(2)11-13-10-18-14-5-3-4-6-15(14)19(23)16-8-7-12(21)9-17(16)20(18)24-13/h3-9,13,18,20H,10-11H2,1-2H3/t13-,18-,20-/m1/s1. The van der Waals surface area contributed by atoms with Gasteiger partial charge >= 0.3 is 0 Å². The summed E-state index contributed by atoms with van der Waals surface area (Å²) in [5.74, 6) is -0.285. The van der Waals surface area contributed by atoms with Crippen LogP contribution in [-0.2, 0) is 4.74 Å². The predicted molar refractivity (Wildman–Crippen MR) is 89.8 cm³/mol. The lowest BCUT2D eigenvalue weighted by atomic mass is 9.87. The molecule has 1 fully saturated rings. The van der Waals surface area contributed by atoms with Crippen LogP contribution < -0.4 is 0 Å². The molecule has 0 unspecified atom stereocenters. The largest absolute Gasteiger partial charge is 0.368 e. The number of rotatable bonds is 2. The van der Waals surface area contributed by atoms with Crippen molar-refractivity contribution in [3.05, 3.63) is 70.5 Å². The number of hydrogen-bond donors (Lipinski definition) is 0. The van der Waals surface area contributed by atoms with E-state index in [1.54, 1.807) is 6.07 Å². The van der Waals surface area contributed by atoms with Crippen LogP contribution in [0.2, 0.25) is 0 Å². The number of ether oxygens (including phenoxy) is 1. The van der Waals surface area contributed by atoms with Crippen LogP contribution in [0.15, 0.2) is 42.5 Å². The fraction of sp³-hybridized carbons (Fsp3) is 0.350. The summed E-state index contributed by atoms with van der Waals surface area (Å²) < 4.78 is 20.2. The molecule has 0 N–H and O–H groups in total. The highest BCUT2D eigenvalue weighted by molar-refractivity contribution is 6.11. The maximum atomic E-state index is 13.9. The fourth-order valence-corrected chi connectivity index (χ4v) is 4.02. The summed E-state index contributed by atoms with van der Waals surface area (Å²) in [6, 6.07) is 12.1. The first kappa shape index (κ1) is 15.5. The highest BCUT2D eigenvalue weighted by atomic mass is 19.1. The Morgan fingerprint density at radius 3 is 2.67 bits per heavy atom. The van der Waals surface area contributed by atoms with Crippen LogP contribution in [0.4, 0.5) is 4.39 Å². The lowest BCUT2D eigenvalue weighted by molar-refractivity contribution is 0.0270. The highest BCUT2D eigenvalue weighted by Gasteiger charge is 2.42. The van der Waals surface area contributed by atoms with Gasteiger partial charge in [-0.1, -0.05) is 24.3 Å². The number of likely N-dealkylation sites (N-methyl/N-ethyl adjacent to an activating group) is 1. The van der Waals surface area contributed by atoms with E-state index in [0.717, 1.165) is 18.5 Å². The van der Waals surface area contributed by atoms with Gasteiger partial charge in [0.1, 0.15) is 5.82 Å². The molecule has 0 aromatic heterocycles.